The van der Waals surface area contributed by atoms with Crippen molar-refractivity contribution in [1.29, 1.82) is 0 Å². The minimum Gasteiger partial charge on any atom is -0.497 e. The van der Waals surface area contributed by atoms with Gasteiger partial charge in [-0.15, -0.1) is 0 Å². The molecule has 0 bridgehead atoms. The minimum atomic E-state index is -0.158. The summed E-state index contributed by atoms with van der Waals surface area (Å²) in [5.74, 6) is 1.00. The van der Waals surface area contributed by atoms with E-state index >= 15 is 0 Å². The van der Waals surface area contributed by atoms with E-state index in [1.165, 1.54) is 10.5 Å². The Labute approximate surface area is 155 Å². The fraction of sp³-hybridized carbons (Fsp3) is 0.381. The topological polar surface area (TPSA) is 52.0 Å². The first-order valence-corrected chi connectivity index (χ1v) is 9.03. The quantitative estimate of drug-likeness (QED) is 0.722. The van der Waals surface area contributed by atoms with E-state index < -0.39 is 0 Å². The van der Waals surface area contributed by atoms with Gasteiger partial charge in [-0.2, -0.15) is 0 Å². The molecule has 140 valence electrons. The molecule has 2 rings (SSSR count). The molecular formula is C21H29N2O3+. The summed E-state index contributed by atoms with van der Waals surface area (Å²) in [5, 5.41) is 3.01. The van der Waals surface area contributed by atoms with Gasteiger partial charge in [0.15, 0.2) is 0 Å². The second-order valence-electron chi connectivity index (χ2n) is 6.15. The van der Waals surface area contributed by atoms with Gasteiger partial charge in [0.25, 0.3) is 5.91 Å². The van der Waals surface area contributed by atoms with Gasteiger partial charge in [0.2, 0.25) is 0 Å². The van der Waals surface area contributed by atoms with Gasteiger partial charge in [0.05, 0.1) is 32.9 Å². The molecule has 0 unspecified atom stereocenters. The molecule has 2 N–H and O–H groups in total. The van der Waals surface area contributed by atoms with Crippen molar-refractivity contribution in [3.63, 3.8) is 0 Å². The van der Waals surface area contributed by atoms with E-state index in [0.29, 0.717) is 23.6 Å². The third kappa shape index (κ3) is 4.99. The Balaban J connectivity index is 2.10. The van der Waals surface area contributed by atoms with Crippen LogP contribution >= 0.6 is 0 Å². The van der Waals surface area contributed by atoms with Crippen LogP contribution in [-0.4, -0.2) is 33.2 Å². The fourth-order valence-corrected chi connectivity index (χ4v) is 2.93. The van der Waals surface area contributed by atoms with Crippen LogP contribution in [0.1, 0.15) is 35.3 Å². The molecule has 1 amide bonds. The lowest BCUT2D eigenvalue weighted by atomic mass is 10.1. The van der Waals surface area contributed by atoms with Crippen molar-refractivity contribution in [2.24, 2.45) is 0 Å². The lowest BCUT2D eigenvalue weighted by Crippen LogP contribution is -3.10. The molecule has 0 saturated heterocycles. The number of ether oxygens (including phenoxy) is 2. The number of hydrogen-bond donors (Lipinski definition) is 2. The highest BCUT2D eigenvalue weighted by Gasteiger charge is 2.14. The summed E-state index contributed by atoms with van der Waals surface area (Å²) < 4.78 is 10.5. The maximum absolute atomic E-state index is 12.6. The summed E-state index contributed by atoms with van der Waals surface area (Å²) in [7, 11) is 3.14. The van der Waals surface area contributed by atoms with E-state index in [4.69, 9.17) is 9.47 Å². The smallest absolute Gasteiger partial charge is 0.255 e. The molecule has 0 radical (unpaired) electrons. The summed E-state index contributed by atoms with van der Waals surface area (Å²) in [6.07, 6.45) is 0. The monoisotopic (exact) mass is 357 g/mol. The predicted molar refractivity (Wildman–Crippen MR) is 103 cm³/mol. The Morgan fingerprint density at radius 2 is 1.69 bits per heavy atom. The van der Waals surface area contributed by atoms with Gasteiger partial charge in [-0.1, -0.05) is 24.3 Å². The highest BCUT2D eigenvalue weighted by atomic mass is 16.5. The van der Waals surface area contributed by atoms with Crippen molar-refractivity contribution >= 4 is 5.91 Å². The summed E-state index contributed by atoms with van der Waals surface area (Å²) in [6, 6.07) is 13.5. The first-order chi connectivity index (χ1) is 12.6. The van der Waals surface area contributed by atoms with Gasteiger partial charge in [0, 0.05) is 18.2 Å². The van der Waals surface area contributed by atoms with E-state index in [1.807, 2.05) is 6.07 Å². The lowest BCUT2D eigenvalue weighted by Gasteiger charge is -2.18. The van der Waals surface area contributed by atoms with Crippen LogP contribution in [-0.2, 0) is 13.1 Å². The van der Waals surface area contributed by atoms with Crippen LogP contribution in [0.3, 0.4) is 0 Å². The minimum absolute atomic E-state index is 0.158. The lowest BCUT2D eigenvalue weighted by molar-refractivity contribution is -0.910. The van der Waals surface area contributed by atoms with Gasteiger partial charge < -0.3 is 19.7 Å². The van der Waals surface area contributed by atoms with Crippen LogP contribution in [0.25, 0.3) is 0 Å². The van der Waals surface area contributed by atoms with Gasteiger partial charge in [-0.05, 0) is 31.5 Å². The zero-order valence-electron chi connectivity index (χ0n) is 16.1. The number of carbonyl (C=O) groups is 1. The summed E-state index contributed by atoms with van der Waals surface area (Å²) >= 11 is 0. The highest BCUT2D eigenvalue weighted by Crippen LogP contribution is 2.24. The number of carbonyl (C=O) groups excluding carboxylic acids is 1. The van der Waals surface area contributed by atoms with Crippen LogP contribution in [0.15, 0.2) is 42.5 Å². The standard InChI is InChI=1S/C21H28N2O3/c1-5-23(6-2)15-17-10-8-7-9-16(17)14-22-21(24)19-12-11-18(25-3)13-20(19)26-4/h7-13H,5-6,14-15H2,1-4H3,(H,22,24)/p+1. The van der Waals surface area contributed by atoms with Crippen molar-refractivity contribution in [1.82, 2.24) is 5.32 Å². The molecule has 0 fully saturated rings. The number of benzene rings is 2. The van der Waals surface area contributed by atoms with E-state index in [2.05, 4.69) is 37.4 Å². The molecule has 5 heteroatoms. The molecule has 0 atom stereocenters. The molecule has 2 aromatic carbocycles. The van der Waals surface area contributed by atoms with Crippen molar-refractivity contribution in [3.05, 3.63) is 59.2 Å². The normalized spacial score (nSPS) is 10.7. The number of methoxy groups -OCH3 is 2. The van der Waals surface area contributed by atoms with Gasteiger partial charge >= 0.3 is 0 Å². The average molecular weight is 357 g/mol. The molecule has 0 spiro atoms. The van der Waals surface area contributed by atoms with Gasteiger partial charge in [-0.25, -0.2) is 0 Å². The average Bonchev–Trinajstić information content (AvgIpc) is 2.70. The highest BCUT2D eigenvalue weighted by molar-refractivity contribution is 5.97. The third-order valence-corrected chi connectivity index (χ3v) is 4.65. The second kappa shape index (κ2) is 9.82. The molecule has 0 aromatic heterocycles. The maximum atomic E-state index is 12.6. The molecule has 0 aliphatic rings. The SMILES string of the molecule is CC[NH+](CC)Cc1ccccc1CNC(=O)c1ccc(OC)cc1OC. The Morgan fingerprint density at radius 1 is 1.00 bits per heavy atom. The van der Waals surface area contributed by atoms with Crippen molar-refractivity contribution in [2.45, 2.75) is 26.9 Å². The van der Waals surface area contributed by atoms with Crippen LogP contribution in [0.4, 0.5) is 0 Å². The van der Waals surface area contributed by atoms with Crippen molar-refractivity contribution < 1.29 is 19.2 Å². The zero-order valence-corrected chi connectivity index (χ0v) is 16.1. The molecule has 26 heavy (non-hydrogen) atoms. The molecule has 0 aliphatic carbocycles. The summed E-state index contributed by atoms with van der Waals surface area (Å²) in [4.78, 5) is 14.1. The molecule has 0 saturated carbocycles. The second-order valence-corrected chi connectivity index (χ2v) is 6.15. The van der Waals surface area contributed by atoms with E-state index in [1.54, 1.807) is 32.4 Å². The van der Waals surface area contributed by atoms with Gasteiger partial charge in [-0.3, -0.25) is 4.79 Å². The van der Waals surface area contributed by atoms with Crippen LogP contribution in [0, 0.1) is 0 Å². The maximum Gasteiger partial charge on any atom is 0.255 e. The molecule has 0 heterocycles. The van der Waals surface area contributed by atoms with Crippen molar-refractivity contribution in [2.75, 3.05) is 27.3 Å². The fourth-order valence-electron chi connectivity index (χ4n) is 2.93. The number of amides is 1. The molecule has 5 nitrogen and oxygen atoms in total. The molecular weight excluding hydrogens is 328 g/mol. The number of nitrogens with one attached hydrogen (secondary N) is 2. The number of hydrogen-bond acceptors (Lipinski definition) is 3. The Hall–Kier alpha value is -2.53. The first-order valence-electron chi connectivity index (χ1n) is 9.03. The summed E-state index contributed by atoms with van der Waals surface area (Å²) in [5.41, 5.74) is 2.92. The van der Waals surface area contributed by atoms with Crippen LogP contribution in [0.5, 0.6) is 11.5 Å². The van der Waals surface area contributed by atoms with Crippen LogP contribution < -0.4 is 19.7 Å². The van der Waals surface area contributed by atoms with E-state index in [9.17, 15) is 4.79 Å². The van der Waals surface area contributed by atoms with Gasteiger partial charge in [0.1, 0.15) is 18.0 Å². The number of rotatable bonds is 9. The Morgan fingerprint density at radius 3 is 2.31 bits per heavy atom. The third-order valence-electron chi connectivity index (χ3n) is 4.65. The van der Waals surface area contributed by atoms with E-state index in [0.717, 1.165) is 25.2 Å². The molecule has 2 aromatic rings. The van der Waals surface area contributed by atoms with E-state index in [-0.39, 0.29) is 5.91 Å². The first kappa shape index (κ1) is 19.8. The zero-order chi connectivity index (χ0) is 18.9. The number of quaternary nitrogens is 1. The largest absolute Gasteiger partial charge is 0.497 e. The van der Waals surface area contributed by atoms with Crippen LogP contribution in [0.2, 0.25) is 0 Å². The predicted octanol–water partition coefficient (Wildman–Crippen LogP) is 2.06. The summed E-state index contributed by atoms with van der Waals surface area (Å²) in [6.45, 7) is 8.01. The Kier molecular flexibility index (Phi) is 7.48. The molecule has 0 aliphatic heterocycles. The van der Waals surface area contributed by atoms with Crippen molar-refractivity contribution in [3.8, 4) is 11.5 Å². The Bertz CT molecular complexity index is 727.